The van der Waals surface area contributed by atoms with Crippen LogP contribution in [0.25, 0.3) is 0 Å². The Labute approximate surface area is 146 Å². The van der Waals surface area contributed by atoms with Crippen LogP contribution in [0.15, 0.2) is 24.3 Å². The van der Waals surface area contributed by atoms with Crippen molar-refractivity contribution in [2.75, 3.05) is 0 Å². The first-order valence-electron chi connectivity index (χ1n) is 9.41. The minimum Gasteiger partial charge on any atom is -0.393 e. The lowest BCUT2D eigenvalue weighted by Gasteiger charge is -2.19. The number of rotatable bonds is 12. The molecule has 4 nitrogen and oxygen atoms in total. The van der Waals surface area contributed by atoms with E-state index in [0.717, 1.165) is 44.8 Å². The molecule has 138 valence electrons. The van der Waals surface area contributed by atoms with Gasteiger partial charge in [-0.2, -0.15) is 0 Å². The van der Waals surface area contributed by atoms with Crippen LogP contribution in [0.4, 0.5) is 0 Å². The van der Waals surface area contributed by atoms with Crippen LogP contribution < -0.4 is 0 Å². The highest BCUT2D eigenvalue weighted by atomic mass is 16.3. The third-order valence-electron chi connectivity index (χ3n) is 4.84. The second-order valence-corrected chi connectivity index (χ2v) is 6.86. The molecule has 0 heterocycles. The number of carbonyl (C=O) groups excluding carboxylic acids is 1. The first-order chi connectivity index (χ1) is 11.6. The van der Waals surface area contributed by atoms with Gasteiger partial charge < -0.3 is 20.1 Å². The molecule has 0 aromatic carbocycles. The topological polar surface area (TPSA) is 77.8 Å². The molecule has 0 spiro atoms. The van der Waals surface area contributed by atoms with Crippen molar-refractivity contribution in [1.82, 2.24) is 0 Å². The zero-order chi connectivity index (χ0) is 17.8. The van der Waals surface area contributed by atoms with Gasteiger partial charge in [0.1, 0.15) is 6.29 Å². The van der Waals surface area contributed by atoms with Gasteiger partial charge >= 0.3 is 0 Å². The smallest absolute Gasteiger partial charge is 0.120 e. The van der Waals surface area contributed by atoms with E-state index >= 15 is 0 Å². The molecule has 1 aliphatic carbocycles. The highest BCUT2D eigenvalue weighted by Gasteiger charge is 2.39. The predicted octanol–water partition coefficient (Wildman–Crippen LogP) is 3.16. The zero-order valence-corrected chi connectivity index (χ0v) is 14.9. The van der Waals surface area contributed by atoms with E-state index in [0.29, 0.717) is 19.3 Å². The summed E-state index contributed by atoms with van der Waals surface area (Å²) in [6, 6.07) is 0. The Bertz CT molecular complexity index is 391. The number of unbranched alkanes of at least 4 members (excludes halogenated alkanes) is 4. The average Bonchev–Trinajstić information content (AvgIpc) is 2.82. The summed E-state index contributed by atoms with van der Waals surface area (Å²) >= 11 is 0. The zero-order valence-electron chi connectivity index (χ0n) is 14.9. The van der Waals surface area contributed by atoms with E-state index in [1.165, 1.54) is 0 Å². The monoisotopic (exact) mass is 338 g/mol. The number of allylic oxidation sites excluding steroid dienone is 2. The molecule has 1 aliphatic rings. The molecule has 5 atom stereocenters. The van der Waals surface area contributed by atoms with E-state index in [2.05, 4.69) is 6.92 Å². The maximum atomic E-state index is 10.3. The third kappa shape index (κ3) is 7.73. The van der Waals surface area contributed by atoms with Crippen LogP contribution in [-0.4, -0.2) is 39.9 Å². The van der Waals surface area contributed by atoms with Gasteiger partial charge in [0, 0.05) is 18.8 Å². The summed E-state index contributed by atoms with van der Waals surface area (Å²) in [5.41, 5.74) is 0. The van der Waals surface area contributed by atoms with E-state index in [1.807, 2.05) is 18.2 Å². The van der Waals surface area contributed by atoms with Crippen LogP contribution in [0.2, 0.25) is 0 Å². The highest BCUT2D eigenvalue weighted by molar-refractivity contribution is 5.49. The number of aliphatic hydroxyl groups is 3. The number of hydrogen-bond donors (Lipinski definition) is 3. The molecule has 0 unspecified atom stereocenters. The molecule has 0 saturated heterocycles. The van der Waals surface area contributed by atoms with E-state index < -0.39 is 18.3 Å². The van der Waals surface area contributed by atoms with Gasteiger partial charge in [-0.15, -0.1) is 0 Å². The fourth-order valence-corrected chi connectivity index (χ4v) is 3.35. The molecule has 0 aliphatic heterocycles. The van der Waals surface area contributed by atoms with Gasteiger partial charge in [-0.3, -0.25) is 0 Å². The van der Waals surface area contributed by atoms with Crippen molar-refractivity contribution in [3.63, 3.8) is 0 Å². The third-order valence-corrected chi connectivity index (χ3v) is 4.84. The minimum absolute atomic E-state index is 0.0126. The fraction of sp³-hybridized carbons (Fsp3) is 0.750. The average molecular weight is 338 g/mol. The van der Waals surface area contributed by atoms with Crippen molar-refractivity contribution in [3.05, 3.63) is 24.3 Å². The summed E-state index contributed by atoms with van der Waals surface area (Å²) in [6.45, 7) is 2.13. The first-order valence-corrected chi connectivity index (χ1v) is 9.41. The molecule has 1 rings (SSSR count). The molecule has 24 heavy (non-hydrogen) atoms. The molecule has 1 saturated carbocycles. The number of aldehydes is 1. The number of hydrogen-bond acceptors (Lipinski definition) is 4. The standard InChI is InChI=1S/C20H34O4/c1-2-3-7-10-16(22)12-13-18-17(19(23)15-20(18)24)11-8-5-4-6-9-14-21/h5,8,12-14,16-20,22-24H,2-4,6-7,9-11,15H2,1H3/b8-5-,13-12+/t16-,17+,18+,19-,20+/m0/s1. The van der Waals surface area contributed by atoms with Gasteiger partial charge in [-0.05, 0) is 31.6 Å². The lowest BCUT2D eigenvalue weighted by atomic mass is 9.89. The Morgan fingerprint density at radius 1 is 1.08 bits per heavy atom. The fourth-order valence-electron chi connectivity index (χ4n) is 3.35. The molecule has 0 aromatic heterocycles. The van der Waals surface area contributed by atoms with Crippen molar-refractivity contribution in [2.45, 2.75) is 83.0 Å². The largest absolute Gasteiger partial charge is 0.393 e. The maximum absolute atomic E-state index is 10.3. The Morgan fingerprint density at radius 2 is 1.88 bits per heavy atom. The van der Waals surface area contributed by atoms with Crippen molar-refractivity contribution < 1.29 is 20.1 Å². The molecule has 0 amide bonds. The Balaban J connectivity index is 2.48. The van der Waals surface area contributed by atoms with Gasteiger partial charge in [-0.25, -0.2) is 0 Å². The lowest BCUT2D eigenvalue weighted by Crippen LogP contribution is -2.20. The van der Waals surface area contributed by atoms with Gasteiger partial charge in [0.25, 0.3) is 0 Å². The summed E-state index contributed by atoms with van der Waals surface area (Å²) in [5, 5.41) is 30.3. The second-order valence-electron chi connectivity index (χ2n) is 6.86. The summed E-state index contributed by atoms with van der Waals surface area (Å²) in [7, 11) is 0. The number of carbonyl (C=O) groups is 1. The lowest BCUT2D eigenvalue weighted by molar-refractivity contribution is -0.107. The highest BCUT2D eigenvalue weighted by Crippen LogP contribution is 2.36. The van der Waals surface area contributed by atoms with Gasteiger partial charge in [0.15, 0.2) is 0 Å². The molecule has 0 aromatic rings. The Kier molecular flexibility index (Phi) is 10.9. The molecule has 0 bridgehead atoms. The van der Waals surface area contributed by atoms with Crippen molar-refractivity contribution in [1.29, 1.82) is 0 Å². The summed E-state index contributed by atoms with van der Waals surface area (Å²) in [4.78, 5) is 10.3. The molecule has 3 N–H and O–H groups in total. The predicted molar refractivity (Wildman–Crippen MR) is 96.6 cm³/mol. The van der Waals surface area contributed by atoms with E-state index in [9.17, 15) is 20.1 Å². The van der Waals surface area contributed by atoms with Crippen molar-refractivity contribution in [2.24, 2.45) is 11.8 Å². The summed E-state index contributed by atoms with van der Waals surface area (Å²) in [5.74, 6) is -0.123. The normalized spacial score (nSPS) is 28.8. The van der Waals surface area contributed by atoms with Gasteiger partial charge in [0.2, 0.25) is 0 Å². The van der Waals surface area contributed by atoms with Crippen molar-refractivity contribution >= 4 is 6.29 Å². The van der Waals surface area contributed by atoms with Crippen LogP contribution in [0.3, 0.4) is 0 Å². The Hall–Kier alpha value is -0.970. The SMILES string of the molecule is CCCCC[C@H](O)/C=C/[C@@H]1[C@@H](C/C=C\CCCC=O)[C@@H](O)C[C@H]1O. The van der Waals surface area contributed by atoms with E-state index in [-0.39, 0.29) is 11.8 Å². The van der Waals surface area contributed by atoms with Crippen LogP contribution in [0.1, 0.15) is 64.7 Å². The quantitative estimate of drug-likeness (QED) is 0.290. The Morgan fingerprint density at radius 3 is 2.58 bits per heavy atom. The second kappa shape index (κ2) is 12.4. The van der Waals surface area contributed by atoms with Crippen molar-refractivity contribution in [3.8, 4) is 0 Å². The first kappa shape index (κ1) is 21.1. The molecular formula is C20H34O4. The summed E-state index contributed by atoms with van der Waals surface area (Å²) in [6.07, 6.45) is 14.5. The minimum atomic E-state index is -0.549. The molecule has 4 heteroatoms. The van der Waals surface area contributed by atoms with Gasteiger partial charge in [0.05, 0.1) is 18.3 Å². The maximum Gasteiger partial charge on any atom is 0.120 e. The van der Waals surface area contributed by atoms with E-state index in [1.54, 1.807) is 6.08 Å². The summed E-state index contributed by atoms with van der Waals surface area (Å²) < 4.78 is 0. The molecular weight excluding hydrogens is 304 g/mol. The van der Waals surface area contributed by atoms with Crippen LogP contribution >= 0.6 is 0 Å². The van der Waals surface area contributed by atoms with E-state index in [4.69, 9.17) is 0 Å². The van der Waals surface area contributed by atoms with Crippen LogP contribution in [0.5, 0.6) is 0 Å². The number of aliphatic hydroxyl groups excluding tert-OH is 3. The van der Waals surface area contributed by atoms with Gasteiger partial charge in [-0.1, -0.05) is 50.5 Å². The molecule has 1 fully saturated rings. The van der Waals surface area contributed by atoms with Crippen LogP contribution in [0, 0.1) is 11.8 Å². The molecule has 0 radical (unpaired) electrons. The van der Waals surface area contributed by atoms with Crippen LogP contribution in [-0.2, 0) is 4.79 Å².